The van der Waals surface area contributed by atoms with Gasteiger partial charge < -0.3 is 19.9 Å². The lowest BCUT2D eigenvalue weighted by atomic mass is 9.90. The highest BCUT2D eigenvalue weighted by molar-refractivity contribution is 7.91. The number of hydrogen-bond acceptors (Lipinski definition) is 5. The minimum absolute atomic E-state index is 0.0974. The molecular formula is C24H34N3O3S+. The summed E-state index contributed by atoms with van der Waals surface area (Å²) in [6.45, 7) is 13.3. The van der Waals surface area contributed by atoms with Crippen molar-refractivity contribution in [3.8, 4) is 0 Å². The normalized spacial score (nSPS) is 16.0. The van der Waals surface area contributed by atoms with Gasteiger partial charge in [0.2, 0.25) is 12.4 Å². The Morgan fingerprint density at radius 1 is 1.23 bits per heavy atom. The van der Waals surface area contributed by atoms with Gasteiger partial charge in [0, 0.05) is 52.8 Å². The van der Waals surface area contributed by atoms with Gasteiger partial charge >= 0.3 is 0 Å². The predicted molar refractivity (Wildman–Crippen MR) is 124 cm³/mol. The van der Waals surface area contributed by atoms with Crippen LogP contribution >= 0.6 is 0 Å². The predicted octanol–water partition coefficient (Wildman–Crippen LogP) is 3.57. The van der Waals surface area contributed by atoms with Crippen LogP contribution in [0.3, 0.4) is 0 Å². The number of rotatable bonds is 7. The number of nitrogen functional groups attached to an aromatic ring is 1. The number of aromatic nitrogens is 1. The average molecular weight is 445 g/mol. The lowest BCUT2D eigenvalue weighted by Crippen LogP contribution is -2.39. The van der Waals surface area contributed by atoms with Gasteiger partial charge in [0.15, 0.2) is 9.79 Å². The van der Waals surface area contributed by atoms with Crippen molar-refractivity contribution in [2.45, 2.75) is 43.4 Å². The molecule has 0 saturated carbocycles. The highest BCUT2D eigenvalue weighted by Crippen LogP contribution is 2.37. The Morgan fingerprint density at radius 2 is 1.87 bits per heavy atom. The van der Waals surface area contributed by atoms with Crippen LogP contribution in [-0.4, -0.2) is 31.4 Å². The molecule has 0 radical (unpaired) electrons. The molecule has 1 aliphatic heterocycles. The molecule has 0 aliphatic carbocycles. The van der Waals surface area contributed by atoms with Gasteiger partial charge in [0.25, 0.3) is 0 Å². The molecule has 1 aromatic heterocycles. The van der Waals surface area contributed by atoms with Crippen molar-refractivity contribution in [2.24, 2.45) is 11.3 Å². The van der Waals surface area contributed by atoms with E-state index in [2.05, 4.69) is 32.3 Å². The molecule has 1 aromatic carbocycles. The molecule has 1 fully saturated rings. The molecule has 168 valence electrons. The summed E-state index contributed by atoms with van der Waals surface area (Å²) in [4.78, 5) is 8.71. The molecule has 1 unspecified atom stereocenters. The van der Waals surface area contributed by atoms with Gasteiger partial charge in [-0.2, -0.15) is 0 Å². The van der Waals surface area contributed by atoms with E-state index >= 15 is 0 Å². The number of allylic oxidation sites excluding steroid dienone is 1. The summed E-state index contributed by atoms with van der Waals surface area (Å²) in [5.74, 6) is 0.526. The van der Waals surface area contributed by atoms with Gasteiger partial charge in [0.1, 0.15) is 7.11 Å². The fourth-order valence-electron chi connectivity index (χ4n) is 3.62. The summed E-state index contributed by atoms with van der Waals surface area (Å²) in [5.41, 5.74) is 8.94. The largest absolute Gasteiger partial charge is 0.606 e. The van der Waals surface area contributed by atoms with Gasteiger partial charge in [-0.3, -0.25) is 4.84 Å². The molecule has 3 rings (SSSR count). The SMILES string of the molecule is C=C(N(CC1CCOCC1)c1ccc([S+]([O-])c2cc[n+](OC)cc2)cc1N)C(C)(C)C. The van der Waals surface area contributed by atoms with E-state index in [1.165, 1.54) is 0 Å². The van der Waals surface area contributed by atoms with Gasteiger partial charge in [-0.1, -0.05) is 27.4 Å². The molecule has 0 amide bonds. The Kier molecular flexibility index (Phi) is 7.51. The van der Waals surface area contributed by atoms with Crippen molar-refractivity contribution in [3.63, 3.8) is 0 Å². The Labute approximate surface area is 188 Å². The van der Waals surface area contributed by atoms with Crippen LogP contribution < -0.4 is 20.2 Å². The molecule has 1 atom stereocenters. The van der Waals surface area contributed by atoms with Crippen LogP contribution in [0.25, 0.3) is 0 Å². The first kappa shape index (κ1) is 23.4. The first-order chi connectivity index (χ1) is 14.7. The third kappa shape index (κ3) is 5.73. The molecule has 2 N–H and O–H groups in total. The minimum Gasteiger partial charge on any atom is -0.606 e. The van der Waals surface area contributed by atoms with Crippen LogP contribution in [-0.2, 0) is 15.9 Å². The number of nitrogens with two attached hydrogens (primary N) is 1. The summed E-state index contributed by atoms with van der Waals surface area (Å²) in [5, 5.41) is 0. The third-order valence-electron chi connectivity index (χ3n) is 5.67. The maximum atomic E-state index is 13.0. The standard InChI is InChI=1S/C24H34N3O3S/c1-18(24(2,3)4)27(17-19-10-14-30-15-11-19)23-7-6-21(16-22(23)25)31(28)20-8-12-26(29-5)13-9-20/h6-9,12-13,16,19H,1,10-11,14-15,17,25H2,2-5H3/q+1. The van der Waals surface area contributed by atoms with Crippen LogP contribution in [0.5, 0.6) is 0 Å². The van der Waals surface area contributed by atoms with Crippen molar-refractivity contribution in [2.75, 3.05) is 37.5 Å². The van der Waals surface area contributed by atoms with Crippen LogP contribution in [0.2, 0.25) is 0 Å². The van der Waals surface area contributed by atoms with Crippen LogP contribution in [0, 0.1) is 11.3 Å². The van der Waals surface area contributed by atoms with Crippen LogP contribution in [0.15, 0.2) is 64.8 Å². The number of hydrogen-bond donors (Lipinski definition) is 1. The topological polar surface area (TPSA) is 74.7 Å². The molecule has 6 nitrogen and oxygen atoms in total. The summed E-state index contributed by atoms with van der Waals surface area (Å²) in [7, 11) is 1.58. The molecular weight excluding hydrogens is 410 g/mol. The summed E-state index contributed by atoms with van der Waals surface area (Å²) in [6.07, 6.45) is 5.53. The van der Waals surface area contributed by atoms with Gasteiger partial charge in [-0.05, 0) is 30.9 Å². The van der Waals surface area contributed by atoms with E-state index in [1.807, 2.05) is 18.2 Å². The lowest BCUT2D eigenvalue weighted by Gasteiger charge is -2.38. The zero-order valence-electron chi connectivity index (χ0n) is 19.0. The van der Waals surface area contributed by atoms with Crippen LogP contribution in [0.4, 0.5) is 11.4 Å². The van der Waals surface area contributed by atoms with E-state index < -0.39 is 11.2 Å². The second kappa shape index (κ2) is 9.94. The van der Waals surface area contributed by atoms with Gasteiger partial charge in [0.05, 0.1) is 23.5 Å². The molecule has 0 spiro atoms. The van der Waals surface area contributed by atoms with Crippen molar-refractivity contribution >= 4 is 22.6 Å². The van der Waals surface area contributed by atoms with E-state index in [9.17, 15) is 4.55 Å². The molecule has 2 heterocycles. The van der Waals surface area contributed by atoms with Crippen molar-refractivity contribution < 1.29 is 18.9 Å². The smallest absolute Gasteiger partial charge is 0.227 e. The van der Waals surface area contributed by atoms with E-state index in [-0.39, 0.29) is 5.41 Å². The number of ether oxygens (including phenoxy) is 1. The Hall–Kier alpha value is -2.22. The van der Waals surface area contributed by atoms with E-state index in [4.69, 9.17) is 15.3 Å². The fraction of sp³-hybridized carbons (Fsp3) is 0.458. The molecule has 0 bridgehead atoms. The Bertz CT molecular complexity index is 890. The van der Waals surface area contributed by atoms with E-state index in [1.54, 1.807) is 36.4 Å². The number of nitrogens with zero attached hydrogens (tertiary/aromatic N) is 2. The second-order valence-electron chi connectivity index (χ2n) is 8.93. The average Bonchev–Trinajstić information content (AvgIpc) is 2.77. The molecule has 1 aliphatic rings. The Morgan fingerprint density at radius 3 is 2.42 bits per heavy atom. The first-order valence-corrected chi connectivity index (χ1v) is 11.8. The number of benzene rings is 1. The zero-order valence-corrected chi connectivity index (χ0v) is 19.8. The van der Waals surface area contributed by atoms with E-state index in [0.717, 1.165) is 44.0 Å². The highest BCUT2D eigenvalue weighted by atomic mass is 32.2. The van der Waals surface area contributed by atoms with Crippen molar-refractivity contribution in [1.29, 1.82) is 0 Å². The maximum absolute atomic E-state index is 13.0. The summed E-state index contributed by atoms with van der Waals surface area (Å²) in [6, 6.07) is 9.24. The molecule has 1 saturated heterocycles. The zero-order chi connectivity index (χ0) is 22.6. The molecule has 2 aromatic rings. The highest BCUT2D eigenvalue weighted by Gasteiger charge is 2.28. The molecule has 31 heavy (non-hydrogen) atoms. The molecule has 7 heteroatoms. The number of anilines is 2. The van der Waals surface area contributed by atoms with Crippen molar-refractivity contribution in [3.05, 3.63) is 55.0 Å². The van der Waals surface area contributed by atoms with Gasteiger partial charge in [-0.15, -0.1) is 0 Å². The fourth-order valence-corrected chi connectivity index (χ4v) is 4.69. The maximum Gasteiger partial charge on any atom is 0.227 e. The minimum atomic E-state index is -1.33. The van der Waals surface area contributed by atoms with E-state index in [0.29, 0.717) is 21.4 Å². The van der Waals surface area contributed by atoms with Gasteiger partial charge in [-0.25, -0.2) is 0 Å². The first-order valence-electron chi connectivity index (χ1n) is 10.6. The quantitative estimate of drug-likeness (QED) is 0.401. The summed E-state index contributed by atoms with van der Waals surface area (Å²) < 4.78 is 20.1. The third-order valence-corrected chi connectivity index (χ3v) is 7.06. The summed E-state index contributed by atoms with van der Waals surface area (Å²) >= 11 is -1.33. The lowest BCUT2D eigenvalue weighted by molar-refractivity contribution is -0.885. The number of pyridine rings is 1. The van der Waals surface area contributed by atoms with Crippen molar-refractivity contribution in [1.82, 2.24) is 0 Å². The Balaban J connectivity index is 1.87. The monoisotopic (exact) mass is 444 g/mol. The second-order valence-corrected chi connectivity index (χ2v) is 10.4. The van der Waals surface area contributed by atoms with Crippen LogP contribution in [0.1, 0.15) is 33.6 Å².